The molecule has 27 heavy (non-hydrogen) atoms. The number of nitrogens with zero attached hydrogens (tertiary/aromatic N) is 1. The first kappa shape index (κ1) is 19.3. The van der Waals surface area contributed by atoms with Crippen LogP contribution in [0, 0.1) is 0 Å². The van der Waals surface area contributed by atoms with Gasteiger partial charge in [0.2, 0.25) is 0 Å². The Labute approximate surface area is 162 Å². The number of anilines is 1. The summed E-state index contributed by atoms with van der Waals surface area (Å²) in [6.45, 7) is 2.00. The van der Waals surface area contributed by atoms with Crippen molar-refractivity contribution in [1.29, 1.82) is 0 Å². The van der Waals surface area contributed by atoms with E-state index in [2.05, 4.69) is 0 Å². The van der Waals surface area contributed by atoms with Crippen LogP contribution in [0.4, 0.5) is 5.69 Å². The maximum absolute atomic E-state index is 13.3. The van der Waals surface area contributed by atoms with Crippen molar-refractivity contribution in [2.45, 2.75) is 11.8 Å². The van der Waals surface area contributed by atoms with Gasteiger partial charge in [0.1, 0.15) is 19.8 Å². The van der Waals surface area contributed by atoms with Gasteiger partial charge in [-0.05, 0) is 31.2 Å². The van der Waals surface area contributed by atoms with Gasteiger partial charge in [-0.2, -0.15) is 0 Å². The highest BCUT2D eigenvalue weighted by Crippen LogP contribution is 2.35. The van der Waals surface area contributed by atoms with Crippen LogP contribution in [0.2, 0.25) is 5.02 Å². The van der Waals surface area contributed by atoms with E-state index < -0.39 is 22.5 Å². The second-order valence-corrected chi connectivity index (χ2v) is 7.84. The maximum Gasteiger partial charge on any atom is 0.326 e. The number of ether oxygens (including phenoxy) is 3. The van der Waals surface area contributed by atoms with Crippen molar-refractivity contribution >= 4 is 33.3 Å². The topological polar surface area (TPSA) is 82.1 Å². The van der Waals surface area contributed by atoms with Crippen molar-refractivity contribution in [3.63, 3.8) is 0 Å². The molecule has 9 heteroatoms. The Morgan fingerprint density at radius 1 is 1.15 bits per heavy atom. The summed E-state index contributed by atoms with van der Waals surface area (Å²) in [5.41, 5.74) is 0.183. The molecule has 0 N–H and O–H groups in total. The van der Waals surface area contributed by atoms with Crippen molar-refractivity contribution < 1.29 is 27.4 Å². The Hall–Kier alpha value is -2.45. The van der Waals surface area contributed by atoms with E-state index in [0.717, 1.165) is 4.31 Å². The van der Waals surface area contributed by atoms with Crippen LogP contribution in [0.5, 0.6) is 11.5 Å². The largest absolute Gasteiger partial charge is 0.486 e. The first-order chi connectivity index (χ1) is 12.9. The van der Waals surface area contributed by atoms with Crippen LogP contribution in [-0.4, -0.2) is 40.8 Å². The molecule has 144 valence electrons. The number of benzene rings is 2. The normalized spacial score (nSPS) is 13.1. The minimum Gasteiger partial charge on any atom is -0.486 e. The third kappa shape index (κ3) is 4.12. The first-order valence-corrected chi connectivity index (χ1v) is 10.1. The number of carbonyl (C=O) groups excluding carboxylic acids is 1. The summed E-state index contributed by atoms with van der Waals surface area (Å²) in [6.07, 6.45) is 0. The van der Waals surface area contributed by atoms with E-state index in [-0.39, 0.29) is 22.2 Å². The molecule has 7 nitrogen and oxygen atoms in total. The van der Waals surface area contributed by atoms with Gasteiger partial charge in [0.15, 0.2) is 11.5 Å². The number of fused-ring (bicyclic) bond motifs is 1. The molecular weight excluding hydrogens is 394 g/mol. The van der Waals surface area contributed by atoms with Gasteiger partial charge < -0.3 is 14.2 Å². The number of esters is 1. The number of sulfonamides is 1. The molecule has 2 aromatic rings. The van der Waals surface area contributed by atoms with Gasteiger partial charge >= 0.3 is 5.97 Å². The summed E-state index contributed by atoms with van der Waals surface area (Å²) in [4.78, 5) is 12.0. The van der Waals surface area contributed by atoms with Crippen LogP contribution in [0.1, 0.15) is 6.92 Å². The quantitative estimate of drug-likeness (QED) is 0.680. The van der Waals surface area contributed by atoms with Gasteiger partial charge in [-0.15, -0.1) is 0 Å². The van der Waals surface area contributed by atoms with E-state index >= 15 is 0 Å². The summed E-state index contributed by atoms with van der Waals surface area (Å²) in [6, 6.07) is 10.7. The molecule has 3 rings (SSSR count). The van der Waals surface area contributed by atoms with Crippen LogP contribution < -0.4 is 13.8 Å². The molecular formula is C18H18ClNO6S. The summed E-state index contributed by atoms with van der Waals surface area (Å²) < 4.78 is 43.3. The minimum absolute atomic E-state index is 0.0454. The van der Waals surface area contributed by atoms with Gasteiger partial charge in [-0.3, -0.25) is 9.10 Å². The molecule has 0 saturated heterocycles. The van der Waals surface area contributed by atoms with E-state index in [1.165, 1.54) is 24.3 Å². The van der Waals surface area contributed by atoms with Crippen LogP contribution in [0.3, 0.4) is 0 Å². The van der Waals surface area contributed by atoms with Crippen molar-refractivity contribution in [1.82, 2.24) is 0 Å². The number of carbonyl (C=O) groups is 1. The monoisotopic (exact) mass is 411 g/mol. The Balaban J connectivity index is 2.04. The number of halogens is 1. The molecule has 1 aliphatic rings. The summed E-state index contributed by atoms with van der Waals surface area (Å²) >= 11 is 6.19. The molecule has 0 saturated carbocycles. The molecule has 0 aromatic heterocycles. The van der Waals surface area contributed by atoms with Gasteiger partial charge in [0, 0.05) is 6.07 Å². The lowest BCUT2D eigenvalue weighted by Gasteiger charge is -2.25. The average molecular weight is 412 g/mol. The van der Waals surface area contributed by atoms with E-state index in [1.807, 2.05) is 0 Å². The summed E-state index contributed by atoms with van der Waals surface area (Å²) in [7, 11) is -4.11. The molecule has 0 unspecified atom stereocenters. The van der Waals surface area contributed by atoms with Gasteiger partial charge in [0.05, 0.1) is 22.2 Å². The lowest BCUT2D eigenvalue weighted by molar-refractivity contribution is -0.141. The Morgan fingerprint density at radius 3 is 2.56 bits per heavy atom. The van der Waals surface area contributed by atoms with E-state index in [4.69, 9.17) is 25.8 Å². The van der Waals surface area contributed by atoms with Crippen LogP contribution in [0.25, 0.3) is 0 Å². The van der Waals surface area contributed by atoms with Crippen LogP contribution >= 0.6 is 11.6 Å². The zero-order valence-corrected chi connectivity index (χ0v) is 16.1. The molecule has 0 spiro atoms. The lowest BCUT2D eigenvalue weighted by Crippen LogP contribution is -2.37. The van der Waals surface area contributed by atoms with E-state index in [9.17, 15) is 13.2 Å². The van der Waals surface area contributed by atoms with Crippen LogP contribution in [-0.2, 0) is 19.6 Å². The van der Waals surface area contributed by atoms with Gasteiger partial charge in [-0.1, -0.05) is 23.7 Å². The number of rotatable bonds is 6. The highest BCUT2D eigenvalue weighted by atomic mass is 35.5. The Kier molecular flexibility index (Phi) is 5.76. The Morgan fingerprint density at radius 2 is 1.85 bits per heavy atom. The average Bonchev–Trinajstić information content (AvgIpc) is 2.66. The minimum atomic E-state index is -4.11. The zero-order chi connectivity index (χ0) is 19.4. The number of hydrogen-bond donors (Lipinski definition) is 0. The number of hydrogen-bond acceptors (Lipinski definition) is 6. The fourth-order valence-corrected chi connectivity index (χ4v) is 4.32. The molecule has 0 atom stereocenters. The van der Waals surface area contributed by atoms with E-state index in [0.29, 0.717) is 24.7 Å². The molecule has 2 aromatic carbocycles. The predicted octanol–water partition coefficient (Wildman–Crippen LogP) is 2.87. The molecule has 0 amide bonds. The predicted molar refractivity (Wildman–Crippen MR) is 100 cm³/mol. The van der Waals surface area contributed by atoms with Crippen molar-refractivity contribution in [3.8, 4) is 11.5 Å². The fourth-order valence-electron chi connectivity index (χ4n) is 2.59. The molecule has 1 aliphatic heterocycles. The standard InChI is InChI=1S/C18H18ClNO6S/c1-2-24-18(21)12-20(15-6-4-3-5-14(15)19)27(22,23)13-7-8-16-17(11-13)26-10-9-25-16/h3-8,11H,2,9-10,12H2,1H3. The third-order valence-electron chi connectivity index (χ3n) is 3.80. The Bertz CT molecular complexity index is 947. The third-order valence-corrected chi connectivity index (χ3v) is 5.88. The lowest BCUT2D eigenvalue weighted by atomic mass is 10.3. The summed E-state index contributed by atoms with van der Waals surface area (Å²) in [5.74, 6) is 0.117. The van der Waals surface area contributed by atoms with Crippen molar-refractivity contribution in [2.75, 3.05) is 30.7 Å². The number of para-hydroxylation sites is 1. The highest BCUT2D eigenvalue weighted by molar-refractivity contribution is 7.92. The molecule has 1 heterocycles. The molecule has 0 radical (unpaired) electrons. The smallest absolute Gasteiger partial charge is 0.326 e. The van der Waals surface area contributed by atoms with Gasteiger partial charge in [0.25, 0.3) is 10.0 Å². The van der Waals surface area contributed by atoms with Crippen LogP contribution in [0.15, 0.2) is 47.4 Å². The van der Waals surface area contributed by atoms with Gasteiger partial charge in [-0.25, -0.2) is 8.42 Å². The first-order valence-electron chi connectivity index (χ1n) is 8.26. The molecule has 0 fully saturated rings. The zero-order valence-electron chi connectivity index (χ0n) is 14.6. The van der Waals surface area contributed by atoms with Crippen molar-refractivity contribution in [3.05, 3.63) is 47.5 Å². The second kappa shape index (κ2) is 8.06. The van der Waals surface area contributed by atoms with E-state index in [1.54, 1.807) is 25.1 Å². The molecule has 0 aliphatic carbocycles. The fraction of sp³-hybridized carbons (Fsp3) is 0.278. The molecule has 0 bridgehead atoms. The SMILES string of the molecule is CCOC(=O)CN(c1ccccc1Cl)S(=O)(=O)c1ccc2c(c1)OCCO2. The van der Waals surface area contributed by atoms with Crippen molar-refractivity contribution in [2.24, 2.45) is 0 Å². The highest BCUT2D eigenvalue weighted by Gasteiger charge is 2.30. The summed E-state index contributed by atoms with van der Waals surface area (Å²) in [5, 5.41) is 0.197. The maximum atomic E-state index is 13.3. The second-order valence-electron chi connectivity index (χ2n) is 5.57.